The highest BCUT2D eigenvalue weighted by atomic mass is 32.2. The number of nitrogens with two attached hydrogens (primary N) is 1. The van der Waals surface area contributed by atoms with Gasteiger partial charge in [-0.1, -0.05) is 18.2 Å². The predicted molar refractivity (Wildman–Crippen MR) is 96.9 cm³/mol. The molecule has 0 saturated carbocycles. The van der Waals surface area contributed by atoms with Gasteiger partial charge in [-0.05, 0) is 24.3 Å². The van der Waals surface area contributed by atoms with E-state index in [0.29, 0.717) is 21.8 Å². The molecule has 0 bridgehead atoms. The number of hydrogen-bond donors (Lipinski definition) is 1. The highest BCUT2D eigenvalue weighted by molar-refractivity contribution is 8.00. The van der Waals surface area contributed by atoms with Crippen LogP contribution in [0.1, 0.15) is 16.1 Å². The minimum atomic E-state index is -0.562. The molecular formula is C18H15N3O4S. The van der Waals surface area contributed by atoms with Crippen LogP contribution in [-0.2, 0) is 16.1 Å². The number of carbonyl (C=O) groups excluding carboxylic acids is 2. The quantitative estimate of drug-likeness (QED) is 0.523. The summed E-state index contributed by atoms with van der Waals surface area (Å²) in [6, 6.07) is 13.3. The Balaban J connectivity index is 1.75. The van der Waals surface area contributed by atoms with Crippen LogP contribution in [-0.4, -0.2) is 27.0 Å². The molecule has 0 spiro atoms. The molecule has 3 rings (SSSR count). The number of ether oxygens (including phenoxy) is 1. The summed E-state index contributed by atoms with van der Waals surface area (Å²) in [5, 5.41) is 0. The summed E-state index contributed by atoms with van der Waals surface area (Å²) in [5.74, 6) is -0.973. The Morgan fingerprint density at radius 3 is 2.73 bits per heavy atom. The van der Waals surface area contributed by atoms with Crippen molar-refractivity contribution in [3.63, 3.8) is 0 Å². The van der Waals surface area contributed by atoms with Gasteiger partial charge in [0.15, 0.2) is 0 Å². The standard InChI is InChI=1S/C18H15N3O4S/c19-15(22)11-26-14-6-2-1-5-13(14)18(24)25-10-12-9-17(23)21-8-4-3-7-16(21)20-12/h1-9H,10-11H2,(H2,19,22). The fourth-order valence-electron chi connectivity index (χ4n) is 2.30. The van der Waals surface area contributed by atoms with Crippen LogP contribution in [0.2, 0.25) is 0 Å². The van der Waals surface area contributed by atoms with Crippen LogP contribution in [0, 0.1) is 0 Å². The minimum Gasteiger partial charge on any atom is -0.456 e. The van der Waals surface area contributed by atoms with Gasteiger partial charge in [0.25, 0.3) is 5.56 Å². The Labute approximate surface area is 152 Å². The van der Waals surface area contributed by atoms with Crippen molar-refractivity contribution in [1.29, 1.82) is 0 Å². The average Bonchev–Trinajstić information content (AvgIpc) is 2.64. The molecule has 0 atom stereocenters. The van der Waals surface area contributed by atoms with Crippen LogP contribution in [0.15, 0.2) is 64.4 Å². The minimum absolute atomic E-state index is 0.0628. The van der Waals surface area contributed by atoms with Crippen molar-refractivity contribution < 1.29 is 14.3 Å². The molecular weight excluding hydrogens is 354 g/mol. The third-order valence-electron chi connectivity index (χ3n) is 3.45. The summed E-state index contributed by atoms with van der Waals surface area (Å²) in [4.78, 5) is 40.3. The third kappa shape index (κ3) is 4.09. The molecule has 1 aromatic carbocycles. The molecule has 7 nitrogen and oxygen atoms in total. The molecule has 0 saturated heterocycles. The Kier molecular flexibility index (Phi) is 5.33. The smallest absolute Gasteiger partial charge is 0.339 e. The Morgan fingerprint density at radius 2 is 1.92 bits per heavy atom. The van der Waals surface area contributed by atoms with Crippen molar-refractivity contribution in [2.24, 2.45) is 5.73 Å². The number of benzene rings is 1. The summed E-state index contributed by atoms with van der Waals surface area (Å²) in [6.45, 7) is -0.131. The van der Waals surface area contributed by atoms with Gasteiger partial charge in [-0.3, -0.25) is 14.0 Å². The molecule has 132 valence electrons. The van der Waals surface area contributed by atoms with E-state index in [1.54, 1.807) is 48.7 Å². The summed E-state index contributed by atoms with van der Waals surface area (Å²) in [7, 11) is 0. The lowest BCUT2D eigenvalue weighted by atomic mass is 10.2. The molecule has 2 heterocycles. The second kappa shape index (κ2) is 7.83. The topological polar surface area (TPSA) is 104 Å². The molecule has 0 fully saturated rings. The number of nitrogens with zero attached hydrogens (tertiary/aromatic N) is 2. The lowest BCUT2D eigenvalue weighted by Gasteiger charge is -2.09. The van der Waals surface area contributed by atoms with Crippen LogP contribution in [0.3, 0.4) is 0 Å². The van der Waals surface area contributed by atoms with E-state index in [1.807, 2.05) is 0 Å². The second-order valence-electron chi connectivity index (χ2n) is 5.34. The van der Waals surface area contributed by atoms with Gasteiger partial charge in [-0.2, -0.15) is 0 Å². The van der Waals surface area contributed by atoms with Crippen molar-refractivity contribution in [3.8, 4) is 0 Å². The maximum Gasteiger partial charge on any atom is 0.339 e. The number of fused-ring (bicyclic) bond motifs is 1. The molecule has 0 aliphatic rings. The van der Waals surface area contributed by atoms with E-state index in [4.69, 9.17) is 10.5 Å². The lowest BCUT2D eigenvalue weighted by molar-refractivity contribution is -0.115. The summed E-state index contributed by atoms with van der Waals surface area (Å²) < 4.78 is 6.69. The van der Waals surface area contributed by atoms with Gasteiger partial charge in [0.1, 0.15) is 12.3 Å². The largest absolute Gasteiger partial charge is 0.456 e. The number of rotatable bonds is 6. The van der Waals surface area contributed by atoms with Crippen LogP contribution in [0.25, 0.3) is 5.65 Å². The first-order valence-corrected chi connectivity index (χ1v) is 8.68. The fourth-order valence-corrected chi connectivity index (χ4v) is 3.08. The van der Waals surface area contributed by atoms with Gasteiger partial charge in [-0.25, -0.2) is 9.78 Å². The maximum absolute atomic E-state index is 12.4. The monoisotopic (exact) mass is 369 g/mol. The summed E-state index contributed by atoms with van der Waals surface area (Å²) in [6.07, 6.45) is 1.62. The highest BCUT2D eigenvalue weighted by Gasteiger charge is 2.14. The fraction of sp³-hybridized carbons (Fsp3) is 0.111. The molecule has 26 heavy (non-hydrogen) atoms. The van der Waals surface area contributed by atoms with E-state index in [2.05, 4.69) is 4.98 Å². The Morgan fingerprint density at radius 1 is 1.15 bits per heavy atom. The van der Waals surface area contributed by atoms with Gasteiger partial charge in [0.2, 0.25) is 5.91 Å². The number of hydrogen-bond acceptors (Lipinski definition) is 6. The zero-order valence-corrected chi connectivity index (χ0v) is 14.4. The zero-order chi connectivity index (χ0) is 18.5. The number of thioether (sulfide) groups is 1. The first-order valence-electron chi connectivity index (χ1n) is 7.69. The second-order valence-corrected chi connectivity index (χ2v) is 6.36. The number of aromatic nitrogens is 2. The Bertz CT molecular complexity index is 1030. The first-order chi connectivity index (χ1) is 12.5. The molecule has 2 aromatic heterocycles. The van der Waals surface area contributed by atoms with E-state index in [0.717, 1.165) is 0 Å². The highest BCUT2D eigenvalue weighted by Crippen LogP contribution is 2.23. The molecule has 0 aliphatic carbocycles. The number of carbonyl (C=O) groups is 2. The van der Waals surface area contributed by atoms with Crippen LogP contribution >= 0.6 is 11.8 Å². The molecule has 0 aliphatic heterocycles. The molecule has 1 amide bonds. The van der Waals surface area contributed by atoms with Crippen molar-refractivity contribution in [1.82, 2.24) is 9.38 Å². The van der Waals surface area contributed by atoms with E-state index in [9.17, 15) is 14.4 Å². The van der Waals surface area contributed by atoms with Gasteiger partial charge in [0, 0.05) is 17.2 Å². The number of amides is 1. The Hall–Kier alpha value is -3.13. The van der Waals surface area contributed by atoms with Gasteiger partial charge < -0.3 is 10.5 Å². The first kappa shape index (κ1) is 17.7. The predicted octanol–water partition coefficient (Wildman–Crippen LogP) is 1.63. The molecule has 3 aromatic rings. The number of primary amides is 1. The van der Waals surface area contributed by atoms with E-state index >= 15 is 0 Å². The van der Waals surface area contributed by atoms with E-state index in [-0.39, 0.29) is 17.9 Å². The van der Waals surface area contributed by atoms with E-state index in [1.165, 1.54) is 22.2 Å². The average molecular weight is 369 g/mol. The van der Waals surface area contributed by atoms with Gasteiger partial charge in [-0.15, -0.1) is 11.8 Å². The van der Waals surface area contributed by atoms with Crippen molar-refractivity contribution in [2.75, 3.05) is 5.75 Å². The molecule has 0 unspecified atom stereocenters. The van der Waals surface area contributed by atoms with Crippen LogP contribution in [0.4, 0.5) is 0 Å². The molecule has 2 N–H and O–H groups in total. The van der Waals surface area contributed by atoms with Crippen molar-refractivity contribution in [3.05, 3.63) is 76.3 Å². The summed E-state index contributed by atoms with van der Waals surface area (Å²) in [5.41, 5.74) is 6.06. The van der Waals surface area contributed by atoms with Gasteiger partial charge in [0.05, 0.1) is 17.0 Å². The van der Waals surface area contributed by atoms with Crippen LogP contribution < -0.4 is 11.3 Å². The van der Waals surface area contributed by atoms with Gasteiger partial charge >= 0.3 is 5.97 Å². The van der Waals surface area contributed by atoms with E-state index < -0.39 is 11.9 Å². The molecule has 0 radical (unpaired) electrons. The van der Waals surface area contributed by atoms with Crippen molar-refractivity contribution >= 4 is 29.3 Å². The normalized spacial score (nSPS) is 10.6. The SMILES string of the molecule is NC(=O)CSc1ccccc1C(=O)OCc1cc(=O)n2ccccc2n1. The lowest BCUT2D eigenvalue weighted by Crippen LogP contribution is -2.16. The zero-order valence-electron chi connectivity index (χ0n) is 13.6. The number of esters is 1. The van der Waals surface area contributed by atoms with Crippen molar-refractivity contribution in [2.45, 2.75) is 11.5 Å². The number of pyridine rings is 1. The molecule has 8 heteroatoms. The summed E-state index contributed by atoms with van der Waals surface area (Å²) >= 11 is 1.17. The van der Waals surface area contributed by atoms with Crippen LogP contribution in [0.5, 0.6) is 0 Å². The third-order valence-corrected chi connectivity index (χ3v) is 4.55. The maximum atomic E-state index is 12.4.